The summed E-state index contributed by atoms with van der Waals surface area (Å²) in [7, 11) is 0. The number of piperazine rings is 1. The second kappa shape index (κ2) is 7.93. The highest BCUT2D eigenvalue weighted by molar-refractivity contribution is 5.89. The van der Waals surface area contributed by atoms with Gasteiger partial charge in [0.15, 0.2) is 0 Å². The van der Waals surface area contributed by atoms with Crippen LogP contribution in [0.5, 0.6) is 5.75 Å². The average molecular weight is 480 g/mol. The number of rotatable bonds is 2. The van der Waals surface area contributed by atoms with Gasteiger partial charge in [0, 0.05) is 38.1 Å². The molecule has 1 aromatic heterocycles. The highest BCUT2D eigenvalue weighted by atomic mass is 19.4. The predicted octanol–water partition coefficient (Wildman–Crippen LogP) is 4.46. The first-order valence-electron chi connectivity index (χ1n) is 9.48. The zero-order valence-corrected chi connectivity index (χ0v) is 16.5. The minimum absolute atomic E-state index is 0.0270. The summed E-state index contributed by atoms with van der Waals surface area (Å²) in [6.07, 6.45) is -12.2. The van der Waals surface area contributed by atoms with Crippen molar-refractivity contribution in [2.75, 3.05) is 36.4 Å². The van der Waals surface area contributed by atoms with Gasteiger partial charge in [-0.2, -0.15) is 22.0 Å². The van der Waals surface area contributed by atoms with E-state index in [-0.39, 0.29) is 37.7 Å². The number of hydrogen-bond acceptors (Lipinski definition) is 5. The van der Waals surface area contributed by atoms with Crippen LogP contribution in [0.15, 0.2) is 36.5 Å². The topological polar surface area (TPSA) is 66.9 Å². The van der Waals surface area contributed by atoms with Crippen LogP contribution < -0.4 is 15.0 Å². The summed E-state index contributed by atoms with van der Waals surface area (Å²) in [6, 6.07) is 4.05. The van der Waals surface area contributed by atoms with Crippen LogP contribution in [0.4, 0.5) is 47.0 Å². The Morgan fingerprint density at radius 3 is 2.42 bits per heavy atom. The smallest absolute Gasteiger partial charge is 0.409 e. The lowest BCUT2D eigenvalue weighted by Crippen LogP contribution is -2.50. The molecule has 2 aromatic rings. The maximum Gasteiger partial charge on any atom is 0.540 e. The molecule has 2 amide bonds. The zero-order valence-electron chi connectivity index (χ0n) is 16.5. The summed E-state index contributed by atoms with van der Waals surface area (Å²) < 4.78 is 101. The predicted molar refractivity (Wildman–Crippen MR) is 99.0 cm³/mol. The monoisotopic (exact) mass is 480 g/mol. The third kappa shape index (κ3) is 4.74. The largest absolute Gasteiger partial charge is 0.540 e. The van der Waals surface area contributed by atoms with E-state index in [0.29, 0.717) is 0 Å². The second-order valence-corrected chi connectivity index (χ2v) is 7.17. The van der Waals surface area contributed by atoms with Crippen LogP contribution in [0.25, 0.3) is 0 Å². The number of hydrogen-bond donors (Lipinski definition) is 1. The molecule has 14 heteroatoms. The number of anilines is 2. The van der Waals surface area contributed by atoms with Crippen molar-refractivity contribution in [3.05, 3.63) is 47.7 Å². The number of carbonyl (C=O) groups is 1. The number of amides is 2. The van der Waals surface area contributed by atoms with E-state index in [9.17, 15) is 35.5 Å². The molecule has 1 aromatic carbocycles. The van der Waals surface area contributed by atoms with Gasteiger partial charge in [-0.15, -0.1) is 8.78 Å². The molecule has 0 atom stereocenters. The summed E-state index contributed by atoms with van der Waals surface area (Å²) in [5.74, 6) is -1.06. The molecule has 1 saturated heterocycles. The van der Waals surface area contributed by atoms with E-state index in [4.69, 9.17) is 0 Å². The molecule has 7 nitrogen and oxygen atoms in total. The Balaban J connectivity index is 1.42. The van der Waals surface area contributed by atoms with Crippen molar-refractivity contribution in [2.45, 2.75) is 18.6 Å². The first-order chi connectivity index (χ1) is 15.4. The molecule has 1 fully saturated rings. The number of nitrogens with one attached hydrogen (secondary N) is 1. The fraction of sp³-hybridized carbons (Fsp3) is 0.368. The van der Waals surface area contributed by atoms with Crippen molar-refractivity contribution in [3.8, 4) is 5.75 Å². The van der Waals surface area contributed by atoms with E-state index in [1.54, 1.807) is 0 Å². The van der Waals surface area contributed by atoms with E-state index < -0.39 is 41.5 Å². The average Bonchev–Trinajstić information content (AvgIpc) is 2.72. The van der Waals surface area contributed by atoms with E-state index in [1.165, 1.54) is 22.1 Å². The molecule has 0 unspecified atom stereocenters. The van der Waals surface area contributed by atoms with Gasteiger partial charge in [0.2, 0.25) is 0 Å². The van der Waals surface area contributed by atoms with Crippen LogP contribution in [-0.2, 0) is 17.0 Å². The van der Waals surface area contributed by atoms with Crippen LogP contribution in [0.1, 0.15) is 11.1 Å². The number of halogens is 7. The molecular weight excluding hydrogens is 465 g/mol. The first-order valence-corrected chi connectivity index (χ1v) is 9.48. The van der Waals surface area contributed by atoms with Crippen LogP contribution in [0.2, 0.25) is 0 Å². The summed E-state index contributed by atoms with van der Waals surface area (Å²) in [6.45, 7) is 0.150. The molecule has 2 aliphatic heterocycles. The third-order valence-corrected chi connectivity index (χ3v) is 4.98. The maximum atomic E-state index is 13.9. The fourth-order valence-corrected chi connectivity index (χ4v) is 3.47. The van der Waals surface area contributed by atoms with Crippen molar-refractivity contribution in [2.24, 2.45) is 0 Å². The van der Waals surface area contributed by atoms with Crippen molar-refractivity contribution < 1.29 is 45.0 Å². The normalized spacial score (nSPS) is 19.5. The quantitative estimate of drug-likeness (QED) is 0.643. The van der Waals surface area contributed by atoms with Crippen LogP contribution >= 0.6 is 0 Å². The number of nitrogens with zero attached hydrogens (tertiary/aromatic N) is 3. The highest BCUT2D eigenvalue weighted by Crippen LogP contribution is 2.47. The fourth-order valence-electron chi connectivity index (χ4n) is 3.47. The van der Waals surface area contributed by atoms with Gasteiger partial charge in [0.25, 0.3) is 0 Å². The lowest BCUT2D eigenvalue weighted by molar-refractivity contribution is -0.461. The van der Waals surface area contributed by atoms with E-state index >= 15 is 0 Å². The number of benzene rings is 1. The standard InChI is InChI=1S/C19H15F7N4O3/c20-17(21,22)12-2-1-5-27-15(12)29-6-8-30(9-7-29)16(31)28-11-3-4-14-13(10-11)18(23,24)33-19(25,26)32-14/h1-5,10H,6-9H2,(H,28,31). The summed E-state index contributed by atoms with van der Waals surface area (Å²) in [5.41, 5.74) is -2.03. The molecule has 33 heavy (non-hydrogen) atoms. The summed E-state index contributed by atoms with van der Waals surface area (Å²) in [4.78, 5) is 19.0. The lowest BCUT2D eigenvalue weighted by atomic mass is 10.1. The van der Waals surface area contributed by atoms with Crippen molar-refractivity contribution in [1.29, 1.82) is 0 Å². The second-order valence-electron chi connectivity index (χ2n) is 7.17. The minimum atomic E-state index is -4.59. The van der Waals surface area contributed by atoms with Crippen molar-refractivity contribution in [1.82, 2.24) is 9.88 Å². The van der Waals surface area contributed by atoms with E-state index in [2.05, 4.69) is 19.8 Å². The molecule has 0 saturated carbocycles. The van der Waals surface area contributed by atoms with Crippen LogP contribution in [0, 0.1) is 0 Å². The van der Waals surface area contributed by atoms with Gasteiger partial charge in [0.1, 0.15) is 11.6 Å². The minimum Gasteiger partial charge on any atom is -0.409 e. The number of carbonyl (C=O) groups excluding carboxylic acids is 1. The first kappa shape index (κ1) is 22.9. The molecular formula is C19H15F7N4O3. The van der Waals surface area contributed by atoms with Gasteiger partial charge in [-0.3, -0.25) is 0 Å². The molecule has 3 heterocycles. The Kier molecular flexibility index (Phi) is 5.50. The molecule has 0 aliphatic carbocycles. The Labute approximate surface area is 181 Å². The van der Waals surface area contributed by atoms with E-state index in [0.717, 1.165) is 24.3 Å². The molecule has 178 valence electrons. The molecule has 2 aliphatic rings. The van der Waals surface area contributed by atoms with Gasteiger partial charge in [0.05, 0.1) is 11.1 Å². The Morgan fingerprint density at radius 1 is 1.06 bits per heavy atom. The molecule has 0 bridgehead atoms. The SMILES string of the molecule is O=C(Nc1ccc2c(c1)C(F)(F)OC(F)(F)O2)N1CCN(c2ncccc2C(F)(F)F)CC1. The van der Waals surface area contributed by atoms with Crippen molar-refractivity contribution >= 4 is 17.5 Å². The molecule has 1 N–H and O–H groups in total. The van der Waals surface area contributed by atoms with Gasteiger partial charge in [-0.25, -0.2) is 14.5 Å². The number of fused-ring (bicyclic) bond motifs is 1. The summed E-state index contributed by atoms with van der Waals surface area (Å²) in [5, 5.41) is 2.35. The number of pyridine rings is 1. The third-order valence-electron chi connectivity index (χ3n) is 4.98. The van der Waals surface area contributed by atoms with Gasteiger partial charge in [-0.1, -0.05) is 0 Å². The molecule has 4 rings (SSSR count). The van der Waals surface area contributed by atoms with Crippen LogP contribution in [0.3, 0.4) is 0 Å². The zero-order chi connectivity index (χ0) is 24.0. The Hall–Kier alpha value is -3.29. The van der Waals surface area contributed by atoms with Crippen LogP contribution in [-0.4, -0.2) is 48.4 Å². The maximum absolute atomic E-state index is 13.9. The highest BCUT2D eigenvalue weighted by Gasteiger charge is 2.54. The van der Waals surface area contributed by atoms with E-state index in [1.807, 2.05) is 0 Å². The number of ether oxygens (including phenoxy) is 2. The Morgan fingerprint density at radius 2 is 1.76 bits per heavy atom. The van der Waals surface area contributed by atoms with Gasteiger partial charge >= 0.3 is 24.6 Å². The lowest BCUT2D eigenvalue weighted by Gasteiger charge is -2.36. The van der Waals surface area contributed by atoms with Gasteiger partial charge < -0.3 is 19.9 Å². The summed E-state index contributed by atoms with van der Waals surface area (Å²) >= 11 is 0. The van der Waals surface area contributed by atoms with Gasteiger partial charge in [-0.05, 0) is 30.3 Å². The Bertz CT molecular complexity index is 1060. The molecule has 0 spiro atoms. The number of alkyl halides is 7. The van der Waals surface area contributed by atoms with Crippen molar-refractivity contribution in [3.63, 3.8) is 0 Å². The molecule has 0 radical (unpaired) electrons. The number of urea groups is 1. The number of aromatic nitrogens is 1.